The number of nitrogens with one attached hydrogen (secondary N) is 1. The normalized spacial score (nSPS) is 10.4. The maximum absolute atomic E-state index is 13.7. The quantitative estimate of drug-likeness (QED) is 0.850. The van der Waals surface area contributed by atoms with Crippen LogP contribution in [0.5, 0.6) is 0 Å². The minimum atomic E-state index is -1.18. The molecule has 0 amide bonds. The summed E-state index contributed by atoms with van der Waals surface area (Å²) in [5, 5.41) is 12.9. The van der Waals surface area contributed by atoms with Crippen molar-refractivity contribution in [3.8, 4) is 0 Å². The molecule has 3 nitrogen and oxygen atoms in total. The number of carboxylic acids is 1. The van der Waals surface area contributed by atoms with Gasteiger partial charge in [0.1, 0.15) is 5.82 Å². The Kier molecular flexibility index (Phi) is 5.04. The number of aromatic carboxylic acids is 1. The molecular formula is C15H12Cl2FNO2. The van der Waals surface area contributed by atoms with Crippen LogP contribution >= 0.6 is 23.2 Å². The Morgan fingerprint density at radius 1 is 1.24 bits per heavy atom. The Hall–Kier alpha value is -1.78. The van der Waals surface area contributed by atoms with Crippen molar-refractivity contribution >= 4 is 34.9 Å². The highest BCUT2D eigenvalue weighted by Crippen LogP contribution is 2.23. The van der Waals surface area contributed by atoms with Crippen LogP contribution in [0.2, 0.25) is 10.0 Å². The van der Waals surface area contributed by atoms with E-state index >= 15 is 0 Å². The van der Waals surface area contributed by atoms with Gasteiger partial charge in [-0.3, -0.25) is 0 Å². The summed E-state index contributed by atoms with van der Waals surface area (Å²) in [4.78, 5) is 11.1. The van der Waals surface area contributed by atoms with Crippen LogP contribution in [0.25, 0.3) is 0 Å². The fourth-order valence-corrected chi connectivity index (χ4v) is 2.43. The van der Waals surface area contributed by atoms with Gasteiger partial charge in [-0.15, -0.1) is 0 Å². The molecule has 21 heavy (non-hydrogen) atoms. The third kappa shape index (κ3) is 3.86. The summed E-state index contributed by atoms with van der Waals surface area (Å²) < 4.78 is 13.7. The van der Waals surface area contributed by atoms with E-state index in [9.17, 15) is 9.18 Å². The van der Waals surface area contributed by atoms with Crippen LogP contribution in [0.3, 0.4) is 0 Å². The third-order valence-electron chi connectivity index (χ3n) is 2.96. The van der Waals surface area contributed by atoms with Gasteiger partial charge in [0, 0.05) is 16.6 Å². The molecule has 2 aromatic carbocycles. The number of carboxylic acid groups (broad SMARTS) is 1. The van der Waals surface area contributed by atoms with Crippen LogP contribution in [0.4, 0.5) is 10.1 Å². The van der Waals surface area contributed by atoms with E-state index in [-0.39, 0.29) is 11.3 Å². The Balaban J connectivity index is 2.09. The lowest BCUT2D eigenvalue weighted by Gasteiger charge is -2.11. The fourth-order valence-electron chi connectivity index (χ4n) is 1.93. The molecule has 0 aromatic heterocycles. The van der Waals surface area contributed by atoms with Gasteiger partial charge in [0.25, 0.3) is 0 Å². The summed E-state index contributed by atoms with van der Waals surface area (Å²) in [5.41, 5.74) is 0.731. The average molecular weight is 328 g/mol. The number of carbonyl (C=O) groups is 1. The van der Waals surface area contributed by atoms with Crippen LogP contribution in [0, 0.1) is 5.82 Å². The Bertz CT molecular complexity index is 677. The van der Waals surface area contributed by atoms with Gasteiger partial charge in [-0.2, -0.15) is 0 Å². The second kappa shape index (κ2) is 6.78. The number of hydrogen-bond acceptors (Lipinski definition) is 2. The molecule has 0 aliphatic rings. The lowest BCUT2D eigenvalue weighted by Crippen LogP contribution is -2.11. The van der Waals surface area contributed by atoms with Crippen molar-refractivity contribution in [1.29, 1.82) is 0 Å². The second-order valence-electron chi connectivity index (χ2n) is 4.38. The highest BCUT2D eigenvalue weighted by Gasteiger charge is 2.13. The van der Waals surface area contributed by atoms with Crippen molar-refractivity contribution in [3.05, 3.63) is 63.4 Å². The zero-order valence-corrected chi connectivity index (χ0v) is 12.4. The molecule has 0 aliphatic heterocycles. The van der Waals surface area contributed by atoms with E-state index in [1.807, 2.05) is 0 Å². The highest BCUT2D eigenvalue weighted by atomic mass is 35.5. The number of anilines is 1. The van der Waals surface area contributed by atoms with Crippen molar-refractivity contribution < 1.29 is 14.3 Å². The van der Waals surface area contributed by atoms with E-state index in [1.165, 1.54) is 18.2 Å². The minimum absolute atomic E-state index is 0.0184. The van der Waals surface area contributed by atoms with Crippen LogP contribution in [-0.2, 0) is 6.42 Å². The molecule has 6 heteroatoms. The predicted molar refractivity (Wildman–Crippen MR) is 82.0 cm³/mol. The van der Waals surface area contributed by atoms with Crippen molar-refractivity contribution in [3.63, 3.8) is 0 Å². The molecule has 0 saturated heterocycles. The molecule has 0 unspecified atom stereocenters. The van der Waals surface area contributed by atoms with Crippen molar-refractivity contribution in [2.45, 2.75) is 6.42 Å². The topological polar surface area (TPSA) is 49.3 Å². The molecule has 0 fully saturated rings. The summed E-state index contributed by atoms with van der Waals surface area (Å²) >= 11 is 11.9. The third-order valence-corrected chi connectivity index (χ3v) is 3.54. The molecule has 110 valence electrons. The molecule has 2 rings (SSSR count). The first kappa shape index (κ1) is 15.6. The van der Waals surface area contributed by atoms with Gasteiger partial charge in [0.15, 0.2) is 0 Å². The van der Waals surface area contributed by atoms with E-state index in [0.717, 1.165) is 5.56 Å². The van der Waals surface area contributed by atoms with Gasteiger partial charge in [-0.1, -0.05) is 35.3 Å². The molecule has 2 aromatic rings. The van der Waals surface area contributed by atoms with Crippen LogP contribution in [-0.4, -0.2) is 17.6 Å². The number of rotatable bonds is 5. The smallest absolute Gasteiger partial charge is 0.337 e. The van der Waals surface area contributed by atoms with Gasteiger partial charge in [0.05, 0.1) is 11.3 Å². The molecule has 0 bridgehead atoms. The maximum Gasteiger partial charge on any atom is 0.337 e. The van der Waals surface area contributed by atoms with Gasteiger partial charge in [0.2, 0.25) is 0 Å². The molecular weight excluding hydrogens is 316 g/mol. The van der Waals surface area contributed by atoms with Crippen LogP contribution in [0.15, 0.2) is 36.4 Å². The summed E-state index contributed by atoms with van der Waals surface area (Å²) in [7, 11) is 0. The first-order valence-corrected chi connectivity index (χ1v) is 6.94. The Labute approximate surface area is 131 Å². The SMILES string of the molecule is O=C(O)c1cccc(F)c1NCCc1ccc(Cl)cc1Cl. The van der Waals surface area contributed by atoms with E-state index in [2.05, 4.69) is 5.32 Å². The van der Waals surface area contributed by atoms with Gasteiger partial charge >= 0.3 is 5.97 Å². The van der Waals surface area contributed by atoms with Crippen molar-refractivity contribution in [2.24, 2.45) is 0 Å². The maximum atomic E-state index is 13.7. The minimum Gasteiger partial charge on any atom is -0.478 e. The van der Waals surface area contributed by atoms with Crippen LogP contribution < -0.4 is 5.32 Å². The van der Waals surface area contributed by atoms with E-state index in [0.29, 0.717) is 23.0 Å². The largest absolute Gasteiger partial charge is 0.478 e. The summed E-state index contributed by atoms with van der Waals surface area (Å²) in [6.07, 6.45) is 0.517. The van der Waals surface area contributed by atoms with Crippen LogP contribution in [0.1, 0.15) is 15.9 Å². The van der Waals surface area contributed by atoms with Crippen molar-refractivity contribution in [1.82, 2.24) is 0 Å². The molecule has 0 saturated carbocycles. The number of para-hydroxylation sites is 1. The molecule has 0 radical (unpaired) electrons. The van der Waals surface area contributed by atoms with E-state index in [1.54, 1.807) is 18.2 Å². The monoisotopic (exact) mass is 327 g/mol. The molecule has 0 aliphatic carbocycles. The fraction of sp³-hybridized carbons (Fsp3) is 0.133. The molecule has 0 spiro atoms. The number of benzene rings is 2. The van der Waals surface area contributed by atoms with Crippen molar-refractivity contribution in [2.75, 3.05) is 11.9 Å². The molecule has 0 heterocycles. The first-order chi connectivity index (χ1) is 9.99. The van der Waals surface area contributed by atoms with Gasteiger partial charge in [-0.25, -0.2) is 9.18 Å². The zero-order valence-electron chi connectivity index (χ0n) is 10.9. The summed E-state index contributed by atoms with van der Waals surface area (Å²) in [6, 6.07) is 9.05. The average Bonchev–Trinajstić information content (AvgIpc) is 2.42. The Morgan fingerprint density at radius 3 is 2.67 bits per heavy atom. The van der Waals surface area contributed by atoms with Gasteiger partial charge < -0.3 is 10.4 Å². The van der Waals surface area contributed by atoms with E-state index < -0.39 is 11.8 Å². The number of hydrogen-bond donors (Lipinski definition) is 2. The zero-order chi connectivity index (χ0) is 15.4. The summed E-state index contributed by atoms with van der Waals surface area (Å²) in [5.74, 6) is -1.78. The lowest BCUT2D eigenvalue weighted by molar-refractivity contribution is 0.0697. The summed E-state index contributed by atoms with van der Waals surface area (Å²) in [6.45, 7) is 0.350. The Morgan fingerprint density at radius 2 is 2.00 bits per heavy atom. The first-order valence-electron chi connectivity index (χ1n) is 6.18. The standard InChI is InChI=1S/C15H12Cl2FNO2/c16-10-5-4-9(12(17)8-10)6-7-19-14-11(15(20)21)2-1-3-13(14)18/h1-5,8,19H,6-7H2,(H,20,21). The molecule has 2 N–H and O–H groups in total. The van der Waals surface area contributed by atoms with Gasteiger partial charge in [-0.05, 0) is 36.2 Å². The predicted octanol–water partition coefficient (Wildman–Crippen LogP) is 4.49. The van der Waals surface area contributed by atoms with E-state index in [4.69, 9.17) is 28.3 Å². The molecule has 0 atom stereocenters. The lowest BCUT2D eigenvalue weighted by atomic mass is 10.1. The highest BCUT2D eigenvalue weighted by molar-refractivity contribution is 6.35. The second-order valence-corrected chi connectivity index (χ2v) is 5.22. The number of halogens is 3.